The van der Waals surface area contributed by atoms with Crippen molar-refractivity contribution in [3.63, 3.8) is 0 Å². The van der Waals surface area contributed by atoms with Gasteiger partial charge < -0.3 is 10.3 Å². The van der Waals surface area contributed by atoms with Gasteiger partial charge in [-0.25, -0.2) is 0 Å². The first-order chi connectivity index (χ1) is 15.1. The highest BCUT2D eigenvalue weighted by Gasteiger charge is 2.37. The van der Waals surface area contributed by atoms with Crippen molar-refractivity contribution in [2.75, 3.05) is 5.73 Å². The minimum Gasteiger partial charge on any atom is -0.380 e. The number of likely N-dealkylation sites (tertiary alicyclic amines) is 1. The van der Waals surface area contributed by atoms with Crippen molar-refractivity contribution in [3.05, 3.63) is 65.6 Å². The lowest BCUT2D eigenvalue weighted by Gasteiger charge is -2.44. The van der Waals surface area contributed by atoms with Gasteiger partial charge in [-0.2, -0.15) is 0 Å². The molecule has 2 aliphatic heterocycles. The number of rotatable bonds is 4. The van der Waals surface area contributed by atoms with Crippen LogP contribution in [0, 0.1) is 12.8 Å². The molecule has 0 radical (unpaired) electrons. The number of hydrogen-bond acceptors (Lipinski definition) is 6. The molecule has 3 aromatic rings. The largest absolute Gasteiger partial charge is 0.380 e. The van der Waals surface area contributed by atoms with E-state index in [1.807, 2.05) is 24.5 Å². The summed E-state index contributed by atoms with van der Waals surface area (Å²) in [6.45, 7) is 5.26. The van der Waals surface area contributed by atoms with Gasteiger partial charge in [0.2, 0.25) is 0 Å². The maximum atomic E-state index is 5.91. The molecule has 160 valence electrons. The predicted octanol–water partition coefficient (Wildman–Crippen LogP) is 5.20. The maximum Gasteiger partial charge on any atom is 0.174 e. The molecule has 3 atom stereocenters. The van der Waals surface area contributed by atoms with E-state index in [4.69, 9.17) is 20.2 Å². The lowest BCUT2D eigenvalue weighted by atomic mass is 9.84. The highest BCUT2D eigenvalue weighted by molar-refractivity contribution is 5.93. The van der Waals surface area contributed by atoms with Crippen molar-refractivity contribution in [1.29, 1.82) is 0 Å². The molecule has 6 nitrogen and oxygen atoms in total. The first-order valence-corrected chi connectivity index (χ1v) is 11.2. The fraction of sp³-hybridized carbons (Fsp3) is 0.400. The summed E-state index contributed by atoms with van der Waals surface area (Å²) in [5.74, 6) is 0.897. The zero-order chi connectivity index (χ0) is 21.4. The van der Waals surface area contributed by atoms with Crippen LogP contribution in [0.5, 0.6) is 0 Å². The third kappa shape index (κ3) is 3.76. The summed E-state index contributed by atoms with van der Waals surface area (Å²) in [5, 5.41) is 4.78. The van der Waals surface area contributed by atoms with E-state index >= 15 is 0 Å². The van der Waals surface area contributed by atoms with Gasteiger partial charge in [-0.05, 0) is 67.9 Å². The van der Waals surface area contributed by atoms with Gasteiger partial charge in [-0.3, -0.25) is 14.9 Å². The predicted molar refractivity (Wildman–Crippen MR) is 124 cm³/mol. The molecule has 6 heteroatoms. The number of piperidine rings is 1. The first kappa shape index (κ1) is 19.9. The fourth-order valence-corrected chi connectivity index (χ4v) is 5.11. The van der Waals surface area contributed by atoms with Crippen LogP contribution >= 0.6 is 0 Å². The molecule has 0 saturated carbocycles. The smallest absolute Gasteiger partial charge is 0.174 e. The average Bonchev–Trinajstić information content (AvgIpc) is 3.15. The SMILES string of the molecule is Cc1cccnc1[C@H]1CCC[C@@H](C2=NC=CCC2C)N1Cc1ccc2c(N)noc2c1. The molecule has 1 saturated heterocycles. The second kappa shape index (κ2) is 8.27. The maximum absolute atomic E-state index is 5.91. The van der Waals surface area contributed by atoms with Crippen molar-refractivity contribution < 1.29 is 4.52 Å². The van der Waals surface area contributed by atoms with Crippen LogP contribution in [0.1, 0.15) is 55.5 Å². The number of fused-ring (bicyclic) bond motifs is 1. The Hall–Kier alpha value is -2.99. The molecule has 2 aromatic heterocycles. The van der Waals surface area contributed by atoms with Crippen LogP contribution in [0.4, 0.5) is 5.82 Å². The van der Waals surface area contributed by atoms with E-state index in [9.17, 15) is 0 Å². The van der Waals surface area contributed by atoms with E-state index in [-0.39, 0.29) is 6.04 Å². The van der Waals surface area contributed by atoms with Crippen LogP contribution in [-0.4, -0.2) is 26.8 Å². The van der Waals surface area contributed by atoms with Gasteiger partial charge in [0.25, 0.3) is 0 Å². The van der Waals surface area contributed by atoms with E-state index < -0.39 is 0 Å². The summed E-state index contributed by atoms with van der Waals surface area (Å²) in [5.41, 5.74) is 11.6. The standard InChI is InChI=1S/C25H29N5O/c1-16-6-4-12-27-23(16)20-8-3-9-21(24-17(2)7-5-13-28-24)30(20)15-18-10-11-19-22(14-18)31-29-25(19)26/h4-6,10-14,17,20-21H,3,7-9,15H2,1-2H3,(H2,26,29)/t17?,20-,21+/m1/s1. The van der Waals surface area contributed by atoms with Crippen LogP contribution < -0.4 is 5.73 Å². The number of benzene rings is 1. The molecular weight excluding hydrogens is 386 g/mol. The average molecular weight is 416 g/mol. The number of nitrogens with two attached hydrogens (primary N) is 1. The second-order valence-electron chi connectivity index (χ2n) is 8.81. The summed E-state index contributed by atoms with van der Waals surface area (Å²) in [6.07, 6.45) is 10.5. The van der Waals surface area contributed by atoms with Crippen molar-refractivity contribution in [3.8, 4) is 0 Å². The Bertz CT molecular complexity index is 1150. The Labute approximate surface area is 182 Å². The Morgan fingerprint density at radius 2 is 2.06 bits per heavy atom. The van der Waals surface area contributed by atoms with Crippen LogP contribution in [0.2, 0.25) is 0 Å². The van der Waals surface area contributed by atoms with E-state index in [0.717, 1.165) is 36.8 Å². The number of hydrogen-bond donors (Lipinski definition) is 1. The van der Waals surface area contributed by atoms with Crippen LogP contribution in [0.25, 0.3) is 11.0 Å². The minimum atomic E-state index is 0.260. The van der Waals surface area contributed by atoms with Gasteiger partial charge in [0.05, 0.1) is 17.1 Å². The van der Waals surface area contributed by atoms with Crippen molar-refractivity contribution in [2.45, 2.75) is 58.2 Å². The lowest BCUT2D eigenvalue weighted by Crippen LogP contribution is -2.48. The Kier molecular flexibility index (Phi) is 5.32. The number of aryl methyl sites for hydroxylation is 1. The molecule has 1 aromatic carbocycles. The summed E-state index contributed by atoms with van der Waals surface area (Å²) in [4.78, 5) is 12.3. The number of pyridine rings is 1. The van der Waals surface area contributed by atoms with Gasteiger partial charge >= 0.3 is 0 Å². The van der Waals surface area contributed by atoms with Gasteiger partial charge in [0.15, 0.2) is 11.4 Å². The summed E-state index contributed by atoms with van der Waals surface area (Å²) in [6, 6.07) is 11.0. The second-order valence-corrected chi connectivity index (χ2v) is 8.81. The monoisotopic (exact) mass is 415 g/mol. The number of aliphatic imine (C=N–C) groups is 1. The number of allylic oxidation sites excluding steroid dienone is 1. The molecule has 0 bridgehead atoms. The van der Waals surface area contributed by atoms with Crippen molar-refractivity contribution >= 4 is 22.5 Å². The Morgan fingerprint density at radius 3 is 2.90 bits per heavy atom. The van der Waals surface area contributed by atoms with Crippen LogP contribution in [0.15, 0.2) is 58.3 Å². The van der Waals surface area contributed by atoms with Crippen LogP contribution in [0.3, 0.4) is 0 Å². The third-order valence-electron chi connectivity index (χ3n) is 6.72. The zero-order valence-electron chi connectivity index (χ0n) is 18.2. The highest BCUT2D eigenvalue weighted by Crippen LogP contribution is 2.38. The van der Waals surface area contributed by atoms with Gasteiger partial charge in [-0.15, -0.1) is 0 Å². The Balaban J connectivity index is 1.55. The fourth-order valence-electron chi connectivity index (χ4n) is 5.11. The number of nitrogens with zero attached hydrogens (tertiary/aromatic N) is 4. The molecular formula is C25H29N5O. The molecule has 0 aliphatic carbocycles. The van der Waals surface area contributed by atoms with Crippen LogP contribution in [-0.2, 0) is 6.54 Å². The number of anilines is 1. The van der Waals surface area contributed by atoms with Gasteiger partial charge in [-0.1, -0.05) is 30.3 Å². The zero-order valence-corrected chi connectivity index (χ0v) is 18.2. The summed E-state index contributed by atoms with van der Waals surface area (Å²) in [7, 11) is 0. The van der Waals surface area contributed by atoms with E-state index in [1.54, 1.807) is 0 Å². The summed E-state index contributed by atoms with van der Waals surface area (Å²) < 4.78 is 5.43. The molecule has 0 amide bonds. The Morgan fingerprint density at radius 1 is 1.19 bits per heavy atom. The molecule has 2 aliphatic rings. The van der Waals surface area contributed by atoms with E-state index in [2.05, 4.69) is 48.2 Å². The topological polar surface area (TPSA) is 80.5 Å². The molecule has 4 heterocycles. The van der Waals surface area contributed by atoms with Gasteiger partial charge in [0.1, 0.15) is 0 Å². The molecule has 31 heavy (non-hydrogen) atoms. The van der Waals surface area contributed by atoms with Crippen molar-refractivity contribution in [1.82, 2.24) is 15.0 Å². The van der Waals surface area contributed by atoms with E-state index in [0.29, 0.717) is 17.8 Å². The van der Waals surface area contributed by atoms with Crippen molar-refractivity contribution in [2.24, 2.45) is 10.9 Å². The minimum absolute atomic E-state index is 0.260. The molecule has 5 rings (SSSR count). The third-order valence-corrected chi connectivity index (χ3v) is 6.72. The molecule has 1 fully saturated rings. The van der Waals surface area contributed by atoms with Gasteiger partial charge in [0, 0.05) is 30.7 Å². The van der Waals surface area contributed by atoms with E-state index in [1.165, 1.54) is 29.0 Å². The summed E-state index contributed by atoms with van der Waals surface area (Å²) >= 11 is 0. The number of nitrogen functional groups attached to an aromatic ring is 1. The molecule has 2 N–H and O–H groups in total. The molecule has 0 spiro atoms. The lowest BCUT2D eigenvalue weighted by molar-refractivity contribution is 0.104. The first-order valence-electron chi connectivity index (χ1n) is 11.2. The normalized spacial score (nSPS) is 24.5. The number of aromatic nitrogens is 2. The molecule has 1 unspecified atom stereocenters. The highest BCUT2D eigenvalue weighted by atomic mass is 16.5. The quantitative estimate of drug-likeness (QED) is 0.633.